The molecular weight excluding hydrogens is 360 g/mol. The Kier molecular flexibility index (Phi) is 12.0. The molecule has 0 aliphatic heterocycles. The highest BCUT2D eigenvalue weighted by Crippen LogP contribution is 2.25. The van der Waals surface area contributed by atoms with Gasteiger partial charge in [-0.25, -0.2) is 4.98 Å². The first-order valence-electron chi connectivity index (χ1n) is 10.3. The van der Waals surface area contributed by atoms with E-state index in [0.717, 1.165) is 29.2 Å². The number of aromatic nitrogens is 3. The smallest absolute Gasteiger partial charge is 0.155 e. The van der Waals surface area contributed by atoms with Gasteiger partial charge in [-0.2, -0.15) is 9.78 Å². The molecule has 0 aliphatic carbocycles. The molecule has 2 aromatic heterocycles. The minimum Gasteiger partial charge on any atom is -0.350 e. The fourth-order valence-corrected chi connectivity index (χ4v) is 2.39. The average Bonchev–Trinajstić information content (AvgIpc) is 3.10. The highest BCUT2D eigenvalue weighted by atomic mass is 15.4. The predicted molar refractivity (Wildman–Crippen MR) is 128 cm³/mol. The van der Waals surface area contributed by atoms with Gasteiger partial charge in [0, 0.05) is 19.0 Å². The van der Waals surface area contributed by atoms with E-state index in [0.29, 0.717) is 11.5 Å². The second kappa shape index (κ2) is 13.3. The molecule has 160 valence electrons. The van der Waals surface area contributed by atoms with Crippen LogP contribution in [0.1, 0.15) is 66.1 Å². The van der Waals surface area contributed by atoms with Crippen molar-refractivity contribution in [3.8, 4) is 5.82 Å². The van der Waals surface area contributed by atoms with Crippen LogP contribution in [0.3, 0.4) is 0 Å². The van der Waals surface area contributed by atoms with Gasteiger partial charge in [0.25, 0.3) is 0 Å². The second-order valence-corrected chi connectivity index (χ2v) is 6.00. The molecule has 6 nitrogen and oxygen atoms in total. The van der Waals surface area contributed by atoms with E-state index in [2.05, 4.69) is 35.8 Å². The summed E-state index contributed by atoms with van der Waals surface area (Å²) in [5, 5.41) is 16.0. The Balaban J connectivity index is 0.00000184. The van der Waals surface area contributed by atoms with Gasteiger partial charge in [-0.05, 0) is 45.5 Å². The Bertz CT molecular complexity index is 800. The van der Waals surface area contributed by atoms with Gasteiger partial charge in [-0.1, -0.05) is 46.8 Å². The van der Waals surface area contributed by atoms with Gasteiger partial charge in [-0.15, -0.1) is 0 Å². The number of hydrogen-bond donors (Lipinski definition) is 2. The Labute approximate surface area is 176 Å². The Morgan fingerprint density at radius 1 is 1.24 bits per heavy atom. The monoisotopic (exact) mass is 398 g/mol. The molecule has 0 amide bonds. The third-order valence-corrected chi connectivity index (χ3v) is 4.08. The van der Waals surface area contributed by atoms with E-state index in [1.54, 1.807) is 24.0 Å². The molecule has 0 unspecified atom stereocenters. The van der Waals surface area contributed by atoms with Crippen LogP contribution in [0.25, 0.3) is 5.82 Å². The summed E-state index contributed by atoms with van der Waals surface area (Å²) < 4.78 is 1.75. The van der Waals surface area contributed by atoms with E-state index in [1.165, 1.54) is 5.57 Å². The summed E-state index contributed by atoms with van der Waals surface area (Å²) in [7, 11) is 1.92. The number of allylic oxidation sites excluding steroid dienone is 1. The molecule has 29 heavy (non-hydrogen) atoms. The number of nitrogens with zero attached hydrogens (tertiary/aromatic N) is 4. The van der Waals surface area contributed by atoms with Crippen molar-refractivity contribution in [1.29, 1.82) is 5.41 Å². The molecule has 6 heteroatoms. The van der Waals surface area contributed by atoms with Crippen molar-refractivity contribution in [1.82, 2.24) is 14.8 Å². The summed E-state index contributed by atoms with van der Waals surface area (Å²) >= 11 is 0. The summed E-state index contributed by atoms with van der Waals surface area (Å²) in [6, 6.07) is 3.88. The van der Waals surface area contributed by atoms with E-state index >= 15 is 0 Å². The van der Waals surface area contributed by atoms with E-state index in [1.807, 2.05) is 64.9 Å². The Morgan fingerprint density at radius 3 is 2.31 bits per heavy atom. The molecule has 0 saturated carbocycles. The molecule has 0 spiro atoms. The van der Waals surface area contributed by atoms with Crippen LogP contribution < -0.4 is 10.2 Å². The van der Waals surface area contributed by atoms with Crippen LogP contribution in [-0.4, -0.2) is 27.5 Å². The maximum absolute atomic E-state index is 8.09. The maximum Gasteiger partial charge on any atom is 0.155 e. The van der Waals surface area contributed by atoms with Crippen LogP contribution in [0.4, 0.5) is 11.5 Å². The van der Waals surface area contributed by atoms with Crippen LogP contribution in [-0.2, 0) is 0 Å². The molecule has 2 heterocycles. The van der Waals surface area contributed by atoms with Gasteiger partial charge in [0.05, 0.1) is 23.1 Å². The fraction of sp³-hybridized carbons (Fsp3) is 0.435. The molecule has 0 fully saturated rings. The third-order valence-electron chi connectivity index (χ3n) is 4.08. The summed E-state index contributed by atoms with van der Waals surface area (Å²) in [6.45, 7) is 19.6. The lowest BCUT2D eigenvalue weighted by atomic mass is 10.1. The largest absolute Gasteiger partial charge is 0.350 e. The molecule has 0 radical (unpaired) electrons. The van der Waals surface area contributed by atoms with Crippen LogP contribution in [0.15, 0.2) is 42.9 Å². The lowest BCUT2D eigenvalue weighted by Crippen LogP contribution is -2.09. The third kappa shape index (κ3) is 6.89. The van der Waals surface area contributed by atoms with Crippen molar-refractivity contribution in [2.24, 2.45) is 0 Å². The van der Waals surface area contributed by atoms with Crippen LogP contribution in [0, 0.1) is 12.3 Å². The lowest BCUT2D eigenvalue weighted by Gasteiger charge is -2.14. The highest BCUT2D eigenvalue weighted by molar-refractivity contribution is 6.02. The van der Waals surface area contributed by atoms with E-state index < -0.39 is 0 Å². The average molecular weight is 399 g/mol. The minimum absolute atomic E-state index is 0.469. The van der Waals surface area contributed by atoms with Gasteiger partial charge in [0.15, 0.2) is 5.82 Å². The molecule has 0 atom stereocenters. The van der Waals surface area contributed by atoms with Gasteiger partial charge < -0.3 is 15.6 Å². The van der Waals surface area contributed by atoms with Crippen LogP contribution in [0.5, 0.6) is 0 Å². The predicted octanol–water partition coefficient (Wildman–Crippen LogP) is 6.32. The fourth-order valence-electron chi connectivity index (χ4n) is 2.39. The first-order valence-corrected chi connectivity index (χ1v) is 10.3. The van der Waals surface area contributed by atoms with E-state index in [9.17, 15) is 0 Å². The van der Waals surface area contributed by atoms with Gasteiger partial charge in [0.2, 0.25) is 0 Å². The van der Waals surface area contributed by atoms with Gasteiger partial charge >= 0.3 is 0 Å². The summed E-state index contributed by atoms with van der Waals surface area (Å²) in [4.78, 5) is 6.41. The van der Waals surface area contributed by atoms with Crippen molar-refractivity contribution < 1.29 is 0 Å². The number of rotatable bonds is 7. The minimum atomic E-state index is 0.469. The lowest BCUT2D eigenvalue weighted by molar-refractivity contribution is 0.838. The number of anilines is 2. The zero-order valence-electron chi connectivity index (χ0n) is 19.6. The van der Waals surface area contributed by atoms with Crippen LogP contribution in [0.2, 0.25) is 0 Å². The topological polar surface area (TPSA) is 69.8 Å². The first-order chi connectivity index (χ1) is 13.9. The van der Waals surface area contributed by atoms with Crippen molar-refractivity contribution in [2.45, 2.75) is 61.8 Å². The molecule has 0 saturated heterocycles. The molecule has 0 aliphatic rings. The quantitative estimate of drug-likeness (QED) is 0.535. The SMILES string of the molecule is C=CN(C)c1ccc(-n2nc(C)c(C(C)=N)c2N/C=C(\C)CC)nc1.CC.CC. The number of aryl methyl sites for hydroxylation is 1. The normalized spacial score (nSPS) is 10.2. The van der Waals surface area contributed by atoms with Crippen molar-refractivity contribution >= 4 is 17.2 Å². The maximum atomic E-state index is 8.09. The van der Waals surface area contributed by atoms with Gasteiger partial charge in [0.1, 0.15) is 5.82 Å². The molecular formula is C23H38N6. The number of hydrogen-bond acceptors (Lipinski definition) is 5. The molecule has 0 bridgehead atoms. The van der Waals surface area contributed by atoms with Crippen molar-refractivity contribution in [2.75, 3.05) is 17.3 Å². The zero-order valence-corrected chi connectivity index (χ0v) is 19.6. The van der Waals surface area contributed by atoms with E-state index in [4.69, 9.17) is 5.41 Å². The Morgan fingerprint density at radius 2 is 1.86 bits per heavy atom. The van der Waals surface area contributed by atoms with Crippen LogP contribution >= 0.6 is 0 Å². The summed E-state index contributed by atoms with van der Waals surface area (Å²) in [6.07, 6.45) is 6.43. The number of nitrogens with one attached hydrogen (secondary N) is 2. The molecule has 2 N–H and O–H groups in total. The first kappa shape index (κ1) is 26.1. The van der Waals surface area contributed by atoms with Crippen molar-refractivity contribution in [3.05, 3.63) is 54.1 Å². The molecule has 2 rings (SSSR count). The summed E-state index contributed by atoms with van der Waals surface area (Å²) in [5.41, 5.74) is 4.23. The number of pyridine rings is 1. The second-order valence-electron chi connectivity index (χ2n) is 6.00. The highest BCUT2D eigenvalue weighted by Gasteiger charge is 2.18. The molecule has 2 aromatic rings. The van der Waals surface area contributed by atoms with Gasteiger partial charge in [-0.3, -0.25) is 0 Å². The zero-order chi connectivity index (χ0) is 22.6. The van der Waals surface area contributed by atoms with E-state index in [-0.39, 0.29) is 0 Å². The Hall–Kier alpha value is -2.89. The van der Waals surface area contributed by atoms with Crippen molar-refractivity contribution in [3.63, 3.8) is 0 Å². The summed E-state index contributed by atoms with van der Waals surface area (Å²) in [5.74, 6) is 1.46. The molecule has 0 aromatic carbocycles. The standard InChI is InChI=1S/C19H26N6.2C2H6/c1-7-13(3)11-22-19-18(14(4)20)15(5)23-25(19)17-10-9-16(12-21-17)24(6)8-2;2*1-2/h8-12,20,22H,2,7H2,1,3-6H3;2*1-2H3/b13-11+,20-14?;;.